The van der Waals surface area contributed by atoms with Gasteiger partial charge < -0.3 is 14.8 Å². The summed E-state index contributed by atoms with van der Waals surface area (Å²) in [5.41, 5.74) is 2.41. The van der Waals surface area contributed by atoms with E-state index in [-0.39, 0.29) is 18.6 Å². The lowest BCUT2D eigenvalue weighted by Crippen LogP contribution is -2.31. The van der Waals surface area contributed by atoms with E-state index < -0.39 is 5.97 Å². The van der Waals surface area contributed by atoms with Crippen molar-refractivity contribution in [2.75, 3.05) is 6.61 Å². The number of hydrogen-bond acceptors (Lipinski definition) is 4. The van der Waals surface area contributed by atoms with Crippen LogP contribution in [0.2, 0.25) is 0 Å². The largest absolute Gasteiger partial charge is 0.489 e. The summed E-state index contributed by atoms with van der Waals surface area (Å²) in [5, 5.41) is 2.81. The first-order valence-electron chi connectivity index (χ1n) is 9.40. The molecule has 1 atom stereocenters. The average Bonchev–Trinajstić information content (AvgIpc) is 2.77. The van der Waals surface area contributed by atoms with Crippen LogP contribution in [0, 0.1) is 0 Å². The summed E-state index contributed by atoms with van der Waals surface area (Å²) in [6.07, 6.45) is 0. The van der Waals surface area contributed by atoms with Gasteiger partial charge in [-0.1, -0.05) is 60.7 Å². The molecule has 148 valence electrons. The highest BCUT2D eigenvalue weighted by molar-refractivity contribution is 5.91. The Morgan fingerprint density at radius 2 is 1.48 bits per heavy atom. The van der Waals surface area contributed by atoms with Gasteiger partial charge >= 0.3 is 5.97 Å². The molecule has 1 N–H and O–H groups in total. The van der Waals surface area contributed by atoms with Gasteiger partial charge in [0.2, 0.25) is 0 Å². The predicted octanol–water partition coefficient (Wildman–Crippen LogP) is 4.30. The molecule has 0 fully saturated rings. The van der Waals surface area contributed by atoms with E-state index in [1.807, 2.05) is 67.6 Å². The fourth-order valence-electron chi connectivity index (χ4n) is 2.75. The van der Waals surface area contributed by atoms with Crippen molar-refractivity contribution in [3.63, 3.8) is 0 Å². The van der Waals surface area contributed by atoms with Crippen LogP contribution in [0.3, 0.4) is 0 Å². The maximum Gasteiger partial charge on any atom is 0.338 e. The van der Waals surface area contributed by atoms with Gasteiger partial charge in [0.25, 0.3) is 5.91 Å². The van der Waals surface area contributed by atoms with Gasteiger partial charge in [0.05, 0.1) is 11.6 Å². The Balaban J connectivity index is 1.44. The molecule has 3 rings (SSSR count). The summed E-state index contributed by atoms with van der Waals surface area (Å²) < 4.78 is 10.8. The standard InChI is InChI=1S/C24H23NO4/c1-18(20-10-6-3-7-11-20)25-23(26)17-29-24(27)21-12-14-22(15-13-21)28-16-19-8-4-2-5-9-19/h2-15,18H,16-17H2,1H3,(H,25,26)/t18-/m0/s1. The van der Waals surface area contributed by atoms with E-state index in [1.165, 1.54) is 0 Å². The van der Waals surface area contributed by atoms with E-state index in [4.69, 9.17) is 9.47 Å². The fourth-order valence-corrected chi connectivity index (χ4v) is 2.75. The first kappa shape index (κ1) is 20.1. The Morgan fingerprint density at radius 3 is 2.14 bits per heavy atom. The predicted molar refractivity (Wildman–Crippen MR) is 110 cm³/mol. The van der Waals surface area contributed by atoms with Crippen LogP contribution in [-0.2, 0) is 16.1 Å². The van der Waals surface area contributed by atoms with Crippen molar-refractivity contribution in [2.45, 2.75) is 19.6 Å². The quantitative estimate of drug-likeness (QED) is 0.584. The Morgan fingerprint density at radius 1 is 0.862 bits per heavy atom. The lowest BCUT2D eigenvalue weighted by Gasteiger charge is -2.14. The molecule has 3 aromatic rings. The van der Waals surface area contributed by atoms with E-state index >= 15 is 0 Å². The van der Waals surface area contributed by atoms with Gasteiger partial charge in [0.1, 0.15) is 12.4 Å². The monoisotopic (exact) mass is 389 g/mol. The molecule has 29 heavy (non-hydrogen) atoms. The SMILES string of the molecule is C[C@H](NC(=O)COC(=O)c1ccc(OCc2ccccc2)cc1)c1ccccc1. The Kier molecular flexibility index (Phi) is 7.00. The van der Waals surface area contributed by atoms with Crippen molar-refractivity contribution in [1.29, 1.82) is 0 Å². The average molecular weight is 389 g/mol. The number of benzene rings is 3. The van der Waals surface area contributed by atoms with Crippen LogP contribution < -0.4 is 10.1 Å². The summed E-state index contributed by atoms with van der Waals surface area (Å²) >= 11 is 0. The molecule has 5 heteroatoms. The van der Waals surface area contributed by atoms with Gasteiger partial charge in [-0.3, -0.25) is 4.79 Å². The molecule has 0 heterocycles. The summed E-state index contributed by atoms with van der Waals surface area (Å²) in [6.45, 7) is 2.00. The number of carbonyl (C=O) groups excluding carboxylic acids is 2. The second-order valence-corrected chi connectivity index (χ2v) is 6.57. The van der Waals surface area contributed by atoms with Gasteiger partial charge in [-0.25, -0.2) is 4.79 Å². The first-order chi connectivity index (χ1) is 14.1. The fraction of sp³-hybridized carbons (Fsp3) is 0.167. The van der Waals surface area contributed by atoms with Crippen molar-refractivity contribution in [2.24, 2.45) is 0 Å². The number of amides is 1. The molecule has 3 aromatic carbocycles. The molecule has 0 radical (unpaired) electrons. The number of carbonyl (C=O) groups is 2. The van der Waals surface area contributed by atoms with Crippen molar-refractivity contribution in [1.82, 2.24) is 5.32 Å². The van der Waals surface area contributed by atoms with Crippen LogP contribution in [0.25, 0.3) is 0 Å². The van der Waals surface area contributed by atoms with Crippen LogP contribution in [0.4, 0.5) is 0 Å². The van der Waals surface area contributed by atoms with Crippen LogP contribution in [0.15, 0.2) is 84.9 Å². The zero-order valence-corrected chi connectivity index (χ0v) is 16.2. The summed E-state index contributed by atoms with van der Waals surface area (Å²) in [7, 11) is 0. The third-order valence-electron chi connectivity index (χ3n) is 4.35. The van der Waals surface area contributed by atoms with E-state index in [1.54, 1.807) is 24.3 Å². The van der Waals surface area contributed by atoms with Crippen LogP contribution in [-0.4, -0.2) is 18.5 Å². The summed E-state index contributed by atoms with van der Waals surface area (Å²) in [6, 6.07) is 25.9. The molecule has 0 saturated carbocycles. The molecule has 5 nitrogen and oxygen atoms in total. The minimum atomic E-state index is -0.554. The first-order valence-corrected chi connectivity index (χ1v) is 9.40. The molecule has 0 aromatic heterocycles. The number of hydrogen-bond donors (Lipinski definition) is 1. The van der Waals surface area contributed by atoms with Gasteiger partial charge in [-0.05, 0) is 42.3 Å². The number of ether oxygens (including phenoxy) is 2. The van der Waals surface area contributed by atoms with Crippen LogP contribution in [0.5, 0.6) is 5.75 Å². The second kappa shape index (κ2) is 10.1. The number of rotatable bonds is 8. The maximum atomic E-state index is 12.2. The van der Waals surface area contributed by atoms with Crippen molar-refractivity contribution in [3.05, 3.63) is 102 Å². The maximum absolute atomic E-state index is 12.2. The van der Waals surface area contributed by atoms with Crippen molar-refractivity contribution < 1.29 is 19.1 Å². The molecule has 0 saturated heterocycles. The number of esters is 1. The minimum Gasteiger partial charge on any atom is -0.489 e. The lowest BCUT2D eigenvalue weighted by atomic mass is 10.1. The Labute approximate surface area is 170 Å². The molecule has 0 bridgehead atoms. The third kappa shape index (κ3) is 6.21. The smallest absolute Gasteiger partial charge is 0.338 e. The van der Waals surface area contributed by atoms with Gasteiger partial charge in [-0.15, -0.1) is 0 Å². The third-order valence-corrected chi connectivity index (χ3v) is 4.35. The molecular weight excluding hydrogens is 366 g/mol. The minimum absolute atomic E-state index is 0.163. The van der Waals surface area contributed by atoms with Gasteiger partial charge in [0, 0.05) is 0 Å². The van der Waals surface area contributed by atoms with Gasteiger partial charge in [-0.2, -0.15) is 0 Å². The van der Waals surface area contributed by atoms with E-state index in [0.717, 1.165) is 11.1 Å². The molecule has 0 aliphatic heterocycles. The Hall–Kier alpha value is -3.60. The van der Waals surface area contributed by atoms with Gasteiger partial charge in [0.15, 0.2) is 6.61 Å². The lowest BCUT2D eigenvalue weighted by molar-refractivity contribution is -0.124. The normalized spacial score (nSPS) is 11.3. The highest BCUT2D eigenvalue weighted by atomic mass is 16.5. The van der Waals surface area contributed by atoms with E-state index in [2.05, 4.69) is 5.32 Å². The molecule has 1 amide bonds. The molecule has 0 aliphatic carbocycles. The molecular formula is C24H23NO4. The highest BCUT2D eigenvalue weighted by Gasteiger charge is 2.13. The zero-order valence-electron chi connectivity index (χ0n) is 16.2. The van der Waals surface area contributed by atoms with E-state index in [9.17, 15) is 9.59 Å². The zero-order chi connectivity index (χ0) is 20.5. The highest BCUT2D eigenvalue weighted by Crippen LogP contribution is 2.15. The number of nitrogens with one attached hydrogen (secondary N) is 1. The van der Waals surface area contributed by atoms with Crippen LogP contribution >= 0.6 is 0 Å². The van der Waals surface area contributed by atoms with Crippen LogP contribution in [0.1, 0.15) is 34.5 Å². The summed E-state index contributed by atoms with van der Waals surface area (Å²) in [4.78, 5) is 24.2. The van der Waals surface area contributed by atoms with Crippen molar-refractivity contribution >= 4 is 11.9 Å². The topological polar surface area (TPSA) is 64.6 Å². The van der Waals surface area contributed by atoms with Crippen molar-refractivity contribution in [3.8, 4) is 5.75 Å². The molecule has 0 aliphatic rings. The summed E-state index contributed by atoms with van der Waals surface area (Å²) in [5.74, 6) is -0.250. The second-order valence-electron chi connectivity index (χ2n) is 6.57. The Bertz CT molecular complexity index is 924. The molecule has 0 unspecified atom stereocenters. The molecule has 0 spiro atoms. The van der Waals surface area contributed by atoms with E-state index in [0.29, 0.717) is 17.9 Å².